The second kappa shape index (κ2) is 6.63. The first-order chi connectivity index (χ1) is 11.9. The number of rotatable bonds is 3. The summed E-state index contributed by atoms with van der Waals surface area (Å²) in [5, 5.41) is 11.0. The fourth-order valence-corrected chi connectivity index (χ4v) is 4.78. The number of nitrogens with one attached hydrogen (secondary N) is 1. The Bertz CT molecular complexity index is 843. The zero-order chi connectivity index (χ0) is 19.3. The zero-order valence-corrected chi connectivity index (χ0v) is 16.7. The fourth-order valence-electron chi connectivity index (χ4n) is 2.83. The molecule has 9 nitrogen and oxygen atoms in total. The van der Waals surface area contributed by atoms with Gasteiger partial charge in [0.25, 0.3) is 5.56 Å². The molecule has 26 heavy (non-hydrogen) atoms. The molecule has 3 rings (SSSR count). The van der Waals surface area contributed by atoms with E-state index in [1.165, 1.54) is 23.8 Å². The summed E-state index contributed by atoms with van der Waals surface area (Å²) in [5.74, 6) is 0. The number of phosphoric ester groups is 1. The van der Waals surface area contributed by atoms with Crippen molar-refractivity contribution in [1.82, 2.24) is 9.55 Å². The number of aromatic amines is 1. The minimum absolute atomic E-state index is 0.0601. The number of aromatic nitrogens is 2. The highest BCUT2D eigenvalue weighted by Crippen LogP contribution is 2.59. The summed E-state index contributed by atoms with van der Waals surface area (Å²) >= 11 is 5.14. The third-order valence-corrected chi connectivity index (χ3v) is 5.83. The lowest BCUT2D eigenvalue weighted by atomic mass is 9.96. The van der Waals surface area contributed by atoms with Crippen LogP contribution in [0.3, 0.4) is 0 Å². The molecule has 0 aliphatic carbocycles. The highest BCUT2D eigenvalue weighted by atomic mass is 32.1. The maximum Gasteiger partial charge on any atom is 0.475 e. The summed E-state index contributed by atoms with van der Waals surface area (Å²) in [6, 6.07) is 1.27. The average molecular weight is 406 g/mol. The largest absolute Gasteiger partial charge is 0.475 e. The standard InChI is InChI=1S/C15H23N2O7PS/c1-14(2,3)8-22-25(20)21-7-9-11(24-25)15(4,19)12(23-9)17-6-5-10(18)16-13(17)26/h5-6,9,11-12,19H,7-8H2,1-4H3,(H,16,18,26)/t9-,11+,12-,15?,25?/m1/s1. The van der Waals surface area contributed by atoms with Crippen LogP contribution in [-0.2, 0) is 22.9 Å². The van der Waals surface area contributed by atoms with Gasteiger partial charge in [-0.15, -0.1) is 0 Å². The monoisotopic (exact) mass is 406 g/mol. The van der Waals surface area contributed by atoms with Crippen LogP contribution in [0.25, 0.3) is 0 Å². The van der Waals surface area contributed by atoms with Crippen LogP contribution in [0.4, 0.5) is 0 Å². The number of hydrogen-bond acceptors (Lipinski definition) is 8. The molecule has 0 spiro atoms. The summed E-state index contributed by atoms with van der Waals surface area (Å²) in [4.78, 5) is 13.8. The van der Waals surface area contributed by atoms with E-state index >= 15 is 0 Å². The molecule has 2 aliphatic heterocycles. The normalized spacial score (nSPS) is 37.5. The van der Waals surface area contributed by atoms with Crippen molar-refractivity contribution in [2.45, 2.75) is 51.7 Å². The van der Waals surface area contributed by atoms with Gasteiger partial charge in [-0.1, -0.05) is 20.8 Å². The van der Waals surface area contributed by atoms with Gasteiger partial charge < -0.3 is 9.84 Å². The van der Waals surface area contributed by atoms with Crippen molar-refractivity contribution >= 4 is 20.0 Å². The van der Waals surface area contributed by atoms with Gasteiger partial charge in [-0.2, -0.15) is 0 Å². The molecule has 1 aromatic rings. The lowest BCUT2D eigenvalue weighted by Gasteiger charge is -2.35. The summed E-state index contributed by atoms with van der Waals surface area (Å²) in [5.41, 5.74) is -2.17. The summed E-state index contributed by atoms with van der Waals surface area (Å²) in [6.07, 6.45) is -1.13. The van der Waals surface area contributed by atoms with Gasteiger partial charge in [-0.25, -0.2) is 4.57 Å². The van der Waals surface area contributed by atoms with E-state index in [1.54, 1.807) is 0 Å². The Hall–Kier alpha value is -0.870. The van der Waals surface area contributed by atoms with Crippen molar-refractivity contribution in [2.75, 3.05) is 13.2 Å². The molecule has 11 heteroatoms. The molecule has 5 atom stereocenters. The molecule has 0 aromatic carbocycles. The van der Waals surface area contributed by atoms with Crippen LogP contribution >= 0.6 is 20.0 Å². The molecule has 2 N–H and O–H groups in total. The molecule has 0 saturated carbocycles. The number of nitrogens with zero attached hydrogens (tertiary/aromatic N) is 1. The van der Waals surface area contributed by atoms with Gasteiger partial charge in [0.05, 0.1) is 13.2 Å². The van der Waals surface area contributed by atoms with E-state index in [0.29, 0.717) is 0 Å². The van der Waals surface area contributed by atoms with E-state index in [9.17, 15) is 14.5 Å². The molecule has 0 radical (unpaired) electrons. The van der Waals surface area contributed by atoms with Gasteiger partial charge in [-0.05, 0) is 24.6 Å². The van der Waals surface area contributed by atoms with Gasteiger partial charge >= 0.3 is 7.82 Å². The van der Waals surface area contributed by atoms with Gasteiger partial charge in [-0.3, -0.25) is 27.9 Å². The maximum absolute atomic E-state index is 12.8. The minimum Gasteiger partial charge on any atom is -0.383 e. The molecule has 146 valence electrons. The van der Waals surface area contributed by atoms with Gasteiger partial charge in [0.15, 0.2) is 11.0 Å². The van der Waals surface area contributed by atoms with Crippen molar-refractivity contribution < 1.29 is 28.0 Å². The van der Waals surface area contributed by atoms with E-state index in [4.69, 9.17) is 30.5 Å². The molecule has 2 unspecified atom stereocenters. The second-order valence-electron chi connectivity index (χ2n) is 7.87. The van der Waals surface area contributed by atoms with Crippen molar-refractivity contribution in [3.8, 4) is 0 Å². The lowest BCUT2D eigenvalue weighted by molar-refractivity contribution is -0.0938. The average Bonchev–Trinajstić information content (AvgIpc) is 2.76. The fraction of sp³-hybridized carbons (Fsp3) is 0.733. The maximum atomic E-state index is 12.8. The van der Waals surface area contributed by atoms with E-state index in [0.717, 1.165) is 0 Å². The lowest BCUT2D eigenvalue weighted by Crippen LogP contribution is -2.48. The van der Waals surface area contributed by atoms with E-state index in [2.05, 4.69) is 4.98 Å². The van der Waals surface area contributed by atoms with Crippen LogP contribution < -0.4 is 5.56 Å². The Labute approximate surface area is 155 Å². The van der Waals surface area contributed by atoms with Gasteiger partial charge in [0.2, 0.25) is 0 Å². The number of H-pyrrole nitrogens is 1. The smallest absolute Gasteiger partial charge is 0.383 e. The van der Waals surface area contributed by atoms with E-state index in [-0.39, 0.29) is 29.0 Å². The van der Waals surface area contributed by atoms with Crippen LogP contribution in [0.2, 0.25) is 0 Å². The molecule has 2 aliphatic rings. The highest BCUT2D eigenvalue weighted by molar-refractivity contribution is 7.71. The topological polar surface area (TPSA) is 112 Å². The molecular formula is C15H23N2O7PS. The van der Waals surface area contributed by atoms with Crippen LogP contribution in [0, 0.1) is 10.2 Å². The van der Waals surface area contributed by atoms with Gasteiger partial charge in [0, 0.05) is 12.3 Å². The third-order valence-electron chi connectivity index (χ3n) is 4.12. The second-order valence-corrected chi connectivity index (χ2v) is 9.88. The van der Waals surface area contributed by atoms with Crippen molar-refractivity contribution in [3.63, 3.8) is 0 Å². The first kappa shape index (κ1) is 19.9. The van der Waals surface area contributed by atoms with Gasteiger partial charge in [0.1, 0.15) is 17.8 Å². The Kier molecular flexibility index (Phi) is 5.07. The molecular weight excluding hydrogens is 383 g/mol. The zero-order valence-electron chi connectivity index (χ0n) is 15.0. The van der Waals surface area contributed by atoms with Crippen LogP contribution in [0.15, 0.2) is 17.1 Å². The predicted octanol–water partition coefficient (Wildman–Crippen LogP) is 2.14. The Morgan fingerprint density at radius 2 is 2.23 bits per heavy atom. The molecule has 2 fully saturated rings. The van der Waals surface area contributed by atoms with E-state index in [1.807, 2.05) is 20.8 Å². The van der Waals surface area contributed by atoms with Crippen molar-refractivity contribution in [3.05, 3.63) is 27.4 Å². The van der Waals surface area contributed by atoms with Crippen molar-refractivity contribution in [2.24, 2.45) is 5.41 Å². The number of ether oxygens (including phenoxy) is 1. The number of fused-ring (bicyclic) bond motifs is 1. The quantitative estimate of drug-likeness (QED) is 0.580. The first-order valence-corrected chi connectivity index (χ1v) is 10.0. The molecule has 0 amide bonds. The molecule has 1 aromatic heterocycles. The van der Waals surface area contributed by atoms with Crippen molar-refractivity contribution in [1.29, 1.82) is 0 Å². The number of hydrogen-bond donors (Lipinski definition) is 2. The molecule has 0 bridgehead atoms. The molecule has 3 heterocycles. The SMILES string of the molecule is CC(C)(C)COP1(=O)OC[C@H]2O[C@@H](n3ccc(=O)[nH]c3=S)C(C)(O)[C@H]2O1. The summed E-state index contributed by atoms with van der Waals surface area (Å²) in [7, 11) is -3.83. The van der Waals surface area contributed by atoms with Crippen LogP contribution in [0.1, 0.15) is 33.9 Å². The predicted molar refractivity (Wildman–Crippen MR) is 94.3 cm³/mol. The summed E-state index contributed by atoms with van der Waals surface area (Å²) in [6.45, 7) is 7.38. The third kappa shape index (κ3) is 3.87. The van der Waals surface area contributed by atoms with E-state index < -0.39 is 31.9 Å². The highest BCUT2D eigenvalue weighted by Gasteiger charge is 2.60. The molecule has 2 saturated heterocycles. The Morgan fingerprint density at radius 1 is 1.54 bits per heavy atom. The minimum atomic E-state index is -3.83. The van der Waals surface area contributed by atoms with Crippen LogP contribution in [-0.4, -0.2) is 45.7 Å². The Morgan fingerprint density at radius 3 is 2.85 bits per heavy atom. The number of phosphoric acid groups is 1. The van der Waals surface area contributed by atoms with Crippen LogP contribution in [0.5, 0.6) is 0 Å². The first-order valence-electron chi connectivity index (χ1n) is 8.18. The summed E-state index contributed by atoms with van der Waals surface area (Å²) < 4.78 is 36.3. The Balaban J connectivity index is 1.84. The number of aliphatic hydroxyl groups is 1.